The highest BCUT2D eigenvalue weighted by Gasteiger charge is 2.16. The zero-order valence-electron chi connectivity index (χ0n) is 14.3. The first-order chi connectivity index (χ1) is 10.1. The molecule has 0 radical (unpaired) electrons. The van der Waals surface area contributed by atoms with E-state index in [0.717, 1.165) is 26.2 Å². The Morgan fingerprint density at radius 2 is 1.86 bits per heavy atom. The third-order valence-corrected chi connectivity index (χ3v) is 4.87. The van der Waals surface area contributed by atoms with Gasteiger partial charge in [-0.2, -0.15) is 0 Å². The molecule has 0 aromatic carbocycles. The van der Waals surface area contributed by atoms with Gasteiger partial charge in [-0.15, -0.1) is 11.3 Å². The molecule has 122 valence electrons. The number of thiophene rings is 1. The molecule has 0 spiro atoms. The molecule has 1 heterocycles. The predicted octanol–water partition coefficient (Wildman–Crippen LogP) is 3.88. The van der Waals surface area contributed by atoms with Gasteiger partial charge in [0.1, 0.15) is 0 Å². The number of rotatable bonds is 11. The summed E-state index contributed by atoms with van der Waals surface area (Å²) in [6.07, 6.45) is 2.40. The van der Waals surface area contributed by atoms with E-state index >= 15 is 0 Å². The van der Waals surface area contributed by atoms with Crippen LogP contribution in [0, 0.1) is 0 Å². The second kappa shape index (κ2) is 10.3. The quantitative estimate of drug-likeness (QED) is 0.671. The lowest BCUT2D eigenvalue weighted by atomic mass is 10.1. The molecule has 0 unspecified atom stereocenters. The van der Waals surface area contributed by atoms with E-state index in [1.54, 1.807) is 7.11 Å². The summed E-state index contributed by atoms with van der Waals surface area (Å²) in [6, 6.07) is 5.74. The van der Waals surface area contributed by atoms with Crippen LogP contribution in [0.3, 0.4) is 0 Å². The third kappa shape index (κ3) is 6.92. The summed E-state index contributed by atoms with van der Waals surface area (Å²) < 4.78 is 5.27. The standard InChI is InChI=1S/C17H32N2OS/c1-6-15(7-2)19(10-11-20-5)13-17-9-8-16(21-17)12-18-14(3)4/h8-9,14-15,18H,6-7,10-13H2,1-5H3. The molecule has 4 heteroatoms. The largest absolute Gasteiger partial charge is 0.383 e. The highest BCUT2D eigenvalue weighted by molar-refractivity contribution is 7.11. The fourth-order valence-corrected chi connectivity index (χ4v) is 3.51. The fourth-order valence-electron chi connectivity index (χ4n) is 2.51. The molecule has 1 rings (SSSR count). The van der Waals surface area contributed by atoms with Crippen LogP contribution in [0.15, 0.2) is 12.1 Å². The summed E-state index contributed by atoms with van der Waals surface area (Å²) in [5.41, 5.74) is 0. The van der Waals surface area contributed by atoms with Crippen molar-refractivity contribution in [2.45, 2.75) is 65.7 Å². The predicted molar refractivity (Wildman–Crippen MR) is 93.0 cm³/mol. The van der Waals surface area contributed by atoms with E-state index in [4.69, 9.17) is 4.74 Å². The SMILES string of the molecule is CCC(CC)N(CCOC)Cc1ccc(CNC(C)C)s1. The second-order valence-corrected chi connectivity index (χ2v) is 7.09. The van der Waals surface area contributed by atoms with E-state index in [9.17, 15) is 0 Å². The van der Waals surface area contributed by atoms with Gasteiger partial charge < -0.3 is 10.1 Å². The zero-order chi connectivity index (χ0) is 15.7. The highest BCUT2D eigenvalue weighted by Crippen LogP contribution is 2.21. The van der Waals surface area contributed by atoms with E-state index in [-0.39, 0.29) is 0 Å². The topological polar surface area (TPSA) is 24.5 Å². The van der Waals surface area contributed by atoms with Crippen LogP contribution in [0.25, 0.3) is 0 Å². The van der Waals surface area contributed by atoms with Crippen molar-refractivity contribution in [1.82, 2.24) is 10.2 Å². The average Bonchev–Trinajstić information content (AvgIpc) is 2.91. The van der Waals surface area contributed by atoms with Gasteiger partial charge in [0.25, 0.3) is 0 Å². The lowest BCUT2D eigenvalue weighted by Crippen LogP contribution is -2.36. The molecule has 0 atom stereocenters. The molecule has 0 saturated heterocycles. The van der Waals surface area contributed by atoms with Crippen molar-refractivity contribution in [3.63, 3.8) is 0 Å². The fraction of sp³-hybridized carbons (Fsp3) is 0.765. The highest BCUT2D eigenvalue weighted by atomic mass is 32.1. The van der Waals surface area contributed by atoms with E-state index in [1.165, 1.54) is 22.6 Å². The summed E-state index contributed by atoms with van der Waals surface area (Å²) >= 11 is 1.93. The number of nitrogens with zero attached hydrogens (tertiary/aromatic N) is 1. The van der Waals surface area contributed by atoms with Gasteiger partial charge in [-0.3, -0.25) is 4.90 Å². The number of methoxy groups -OCH3 is 1. The van der Waals surface area contributed by atoms with Crippen molar-refractivity contribution < 1.29 is 4.74 Å². The van der Waals surface area contributed by atoms with Gasteiger partial charge in [-0.05, 0) is 25.0 Å². The van der Waals surface area contributed by atoms with Gasteiger partial charge in [0.15, 0.2) is 0 Å². The van der Waals surface area contributed by atoms with Crippen molar-refractivity contribution in [3.8, 4) is 0 Å². The van der Waals surface area contributed by atoms with Crippen LogP contribution >= 0.6 is 11.3 Å². The van der Waals surface area contributed by atoms with Gasteiger partial charge in [0, 0.05) is 48.6 Å². The third-order valence-electron chi connectivity index (χ3n) is 3.80. The first kappa shape index (κ1) is 18.6. The van der Waals surface area contributed by atoms with Crippen molar-refractivity contribution in [2.24, 2.45) is 0 Å². The summed E-state index contributed by atoms with van der Waals surface area (Å²) in [5, 5.41) is 3.48. The van der Waals surface area contributed by atoms with Gasteiger partial charge >= 0.3 is 0 Å². The number of ether oxygens (including phenoxy) is 1. The van der Waals surface area contributed by atoms with Crippen LogP contribution in [0.1, 0.15) is 50.3 Å². The molecule has 21 heavy (non-hydrogen) atoms. The van der Waals surface area contributed by atoms with Crippen LogP contribution < -0.4 is 5.32 Å². The smallest absolute Gasteiger partial charge is 0.0589 e. The van der Waals surface area contributed by atoms with Gasteiger partial charge in [-0.25, -0.2) is 0 Å². The Morgan fingerprint density at radius 1 is 1.19 bits per heavy atom. The Kier molecular flexibility index (Phi) is 9.16. The van der Waals surface area contributed by atoms with E-state index < -0.39 is 0 Å². The lowest BCUT2D eigenvalue weighted by Gasteiger charge is -2.29. The molecule has 3 nitrogen and oxygen atoms in total. The van der Waals surface area contributed by atoms with Crippen molar-refractivity contribution in [1.29, 1.82) is 0 Å². The molecular weight excluding hydrogens is 280 g/mol. The Hall–Kier alpha value is -0.420. The maximum Gasteiger partial charge on any atom is 0.0589 e. The first-order valence-electron chi connectivity index (χ1n) is 8.14. The Labute approximate surface area is 134 Å². The minimum atomic E-state index is 0.540. The summed E-state index contributed by atoms with van der Waals surface area (Å²) in [6.45, 7) is 12.8. The molecule has 1 aromatic heterocycles. The van der Waals surface area contributed by atoms with Crippen molar-refractivity contribution in [2.75, 3.05) is 20.3 Å². The van der Waals surface area contributed by atoms with Gasteiger partial charge in [-0.1, -0.05) is 27.7 Å². The maximum absolute atomic E-state index is 5.27. The molecule has 0 amide bonds. The number of hydrogen-bond donors (Lipinski definition) is 1. The molecule has 0 saturated carbocycles. The Balaban J connectivity index is 2.60. The van der Waals surface area contributed by atoms with Crippen LogP contribution in [-0.2, 0) is 17.8 Å². The second-order valence-electron chi connectivity index (χ2n) is 5.84. The molecular formula is C17H32N2OS. The van der Waals surface area contributed by atoms with Crippen LogP contribution in [0.4, 0.5) is 0 Å². The maximum atomic E-state index is 5.27. The Bertz CT molecular complexity index is 375. The number of hydrogen-bond acceptors (Lipinski definition) is 4. The van der Waals surface area contributed by atoms with E-state index in [0.29, 0.717) is 12.1 Å². The van der Waals surface area contributed by atoms with Crippen molar-refractivity contribution >= 4 is 11.3 Å². The molecule has 0 fully saturated rings. The minimum Gasteiger partial charge on any atom is -0.383 e. The normalized spacial score (nSPS) is 12.0. The van der Waals surface area contributed by atoms with Gasteiger partial charge in [0.05, 0.1) is 6.61 Å². The monoisotopic (exact) mass is 312 g/mol. The van der Waals surface area contributed by atoms with Crippen LogP contribution in [0.2, 0.25) is 0 Å². The van der Waals surface area contributed by atoms with E-state index in [1.807, 2.05) is 11.3 Å². The summed E-state index contributed by atoms with van der Waals surface area (Å²) in [5.74, 6) is 0. The average molecular weight is 313 g/mol. The van der Waals surface area contributed by atoms with E-state index in [2.05, 4.69) is 50.0 Å². The molecule has 0 bridgehead atoms. The van der Waals surface area contributed by atoms with Crippen LogP contribution in [-0.4, -0.2) is 37.2 Å². The lowest BCUT2D eigenvalue weighted by molar-refractivity contribution is 0.111. The van der Waals surface area contributed by atoms with Crippen LogP contribution in [0.5, 0.6) is 0 Å². The molecule has 0 aliphatic carbocycles. The van der Waals surface area contributed by atoms with Crippen molar-refractivity contribution in [3.05, 3.63) is 21.9 Å². The first-order valence-corrected chi connectivity index (χ1v) is 8.96. The minimum absolute atomic E-state index is 0.540. The Morgan fingerprint density at radius 3 is 2.43 bits per heavy atom. The summed E-state index contributed by atoms with van der Waals surface area (Å²) in [7, 11) is 1.78. The van der Waals surface area contributed by atoms with Gasteiger partial charge in [0.2, 0.25) is 0 Å². The molecule has 0 aliphatic rings. The number of nitrogens with one attached hydrogen (secondary N) is 1. The zero-order valence-corrected chi connectivity index (χ0v) is 15.1. The molecule has 1 N–H and O–H groups in total. The molecule has 0 aliphatic heterocycles. The summed E-state index contributed by atoms with van der Waals surface area (Å²) in [4.78, 5) is 5.45. The molecule has 1 aromatic rings.